The predicted molar refractivity (Wildman–Crippen MR) is 105 cm³/mol. The lowest BCUT2D eigenvalue weighted by Gasteiger charge is -2.43. The van der Waals surface area contributed by atoms with Gasteiger partial charge in [-0.05, 0) is 37.1 Å². The van der Waals surface area contributed by atoms with Crippen LogP contribution < -0.4 is 9.80 Å². The highest BCUT2D eigenvalue weighted by atomic mass is 16.2. The standard InChI is InChI=1S/C22H26N2O2/c1-4-21(25)23-16(3)15-20(18-13-9-10-14-19(18)23)24(22(26)5-2)17-11-7-6-8-12-17/h6-14,16,20H,4-5,15H2,1-3H3/t16-,20+/m1/s1. The van der Waals surface area contributed by atoms with E-state index < -0.39 is 0 Å². The van der Waals surface area contributed by atoms with Crippen LogP contribution in [-0.4, -0.2) is 17.9 Å². The Hall–Kier alpha value is -2.62. The Labute approximate surface area is 155 Å². The van der Waals surface area contributed by atoms with Crippen molar-refractivity contribution in [2.75, 3.05) is 9.80 Å². The Kier molecular flexibility index (Phi) is 5.40. The van der Waals surface area contributed by atoms with Gasteiger partial charge in [0, 0.05) is 30.3 Å². The van der Waals surface area contributed by atoms with E-state index in [9.17, 15) is 9.59 Å². The average Bonchev–Trinajstić information content (AvgIpc) is 2.68. The van der Waals surface area contributed by atoms with E-state index in [-0.39, 0.29) is 23.9 Å². The van der Waals surface area contributed by atoms with Gasteiger partial charge in [-0.1, -0.05) is 50.2 Å². The lowest BCUT2D eigenvalue weighted by atomic mass is 9.89. The van der Waals surface area contributed by atoms with Gasteiger partial charge in [0.15, 0.2) is 0 Å². The Balaban J connectivity index is 2.11. The van der Waals surface area contributed by atoms with Gasteiger partial charge in [0.25, 0.3) is 0 Å². The van der Waals surface area contributed by atoms with Crippen molar-refractivity contribution in [3.8, 4) is 0 Å². The summed E-state index contributed by atoms with van der Waals surface area (Å²) < 4.78 is 0. The number of rotatable bonds is 4. The molecule has 0 unspecified atom stereocenters. The topological polar surface area (TPSA) is 40.6 Å². The van der Waals surface area contributed by atoms with Gasteiger partial charge in [-0.15, -0.1) is 0 Å². The van der Waals surface area contributed by atoms with Crippen molar-refractivity contribution in [2.45, 2.75) is 52.1 Å². The Morgan fingerprint density at radius 2 is 1.65 bits per heavy atom. The lowest BCUT2D eigenvalue weighted by molar-refractivity contribution is -0.119. The maximum Gasteiger partial charge on any atom is 0.227 e. The summed E-state index contributed by atoms with van der Waals surface area (Å²) in [5.74, 6) is 0.218. The molecule has 0 radical (unpaired) electrons. The summed E-state index contributed by atoms with van der Waals surface area (Å²) >= 11 is 0. The molecular weight excluding hydrogens is 324 g/mol. The fourth-order valence-electron chi connectivity index (χ4n) is 3.83. The molecule has 1 aliphatic rings. The molecule has 0 fully saturated rings. The zero-order chi connectivity index (χ0) is 18.7. The van der Waals surface area contributed by atoms with Crippen molar-refractivity contribution >= 4 is 23.2 Å². The van der Waals surface area contributed by atoms with Gasteiger partial charge in [-0.25, -0.2) is 0 Å². The second-order valence-electron chi connectivity index (χ2n) is 6.73. The molecule has 0 aliphatic carbocycles. The van der Waals surface area contributed by atoms with Gasteiger partial charge in [-0.2, -0.15) is 0 Å². The van der Waals surface area contributed by atoms with Crippen LogP contribution >= 0.6 is 0 Å². The molecule has 2 aromatic carbocycles. The summed E-state index contributed by atoms with van der Waals surface area (Å²) in [4.78, 5) is 29.2. The molecule has 0 aromatic heterocycles. The van der Waals surface area contributed by atoms with Crippen molar-refractivity contribution < 1.29 is 9.59 Å². The van der Waals surface area contributed by atoms with Crippen LogP contribution in [0.1, 0.15) is 51.6 Å². The number of carbonyl (C=O) groups is 2. The van der Waals surface area contributed by atoms with Crippen LogP contribution in [0.15, 0.2) is 54.6 Å². The predicted octanol–water partition coefficient (Wildman–Crippen LogP) is 4.71. The molecular formula is C22H26N2O2. The lowest BCUT2D eigenvalue weighted by Crippen LogP contribution is -2.47. The average molecular weight is 350 g/mol. The third-order valence-electron chi connectivity index (χ3n) is 5.05. The first-order chi connectivity index (χ1) is 12.6. The smallest absolute Gasteiger partial charge is 0.227 e. The summed E-state index contributed by atoms with van der Waals surface area (Å²) in [6, 6.07) is 17.8. The summed E-state index contributed by atoms with van der Waals surface area (Å²) in [7, 11) is 0. The molecule has 2 aromatic rings. The van der Waals surface area contributed by atoms with Gasteiger partial charge >= 0.3 is 0 Å². The van der Waals surface area contributed by atoms with E-state index in [2.05, 4.69) is 6.92 Å². The number of nitrogens with zero attached hydrogens (tertiary/aromatic N) is 2. The Bertz CT molecular complexity index is 788. The van der Waals surface area contributed by atoms with E-state index in [1.165, 1.54) is 0 Å². The van der Waals surface area contributed by atoms with E-state index in [1.807, 2.05) is 78.2 Å². The summed E-state index contributed by atoms with van der Waals surface area (Å²) in [5, 5.41) is 0. The second-order valence-corrected chi connectivity index (χ2v) is 6.73. The van der Waals surface area contributed by atoms with Crippen LogP contribution in [0, 0.1) is 0 Å². The van der Waals surface area contributed by atoms with E-state index in [0.717, 1.165) is 23.4 Å². The number of fused-ring (bicyclic) bond motifs is 1. The normalized spacial score (nSPS) is 19.0. The van der Waals surface area contributed by atoms with E-state index in [4.69, 9.17) is 0 Å². The van der Waals surface area contributed by atoms with Crippen LogP contribution in [-0.2, 0) is 9.59 Å². The van der Waals surface area contributed by atoms with Crippen LogP contribution in [0.3, 0.4) is 0 Å². The number of para-hydroxylation sites is 2. The molecule has 0 saturated heterocycles. The van der Waals surface area contributed by atoms with E-state index in [0.29, 0.717) is 12.8 Å². The number of benzene rings is 2. The molecule has 2 atom stereocenters. The zero-order valence-corrected chi connectivity index (χ0v) is 15.7. The highest BCUT2D eigenvalue weighted by molar-refractivity contribution is 5.97. The molecule has 26 heavy (non-hydrogen) atoms. The number of anilines is 2. The fourth-order valence-corrected chi connectivity index (χ4v) is 3.83. The summed E-state index contributed by atoms with van der Waals surface area (Å²) in [5.41, 5.74) is 2.87. The molecule has 2 amide bonds. The maximum absolute atomic E-state index is 12.8. The van der Waals surface area contributed by atoms with Gasteiger partial charge < -0.3 is 9.80 Å². The highest BCUT2D eigenvalue weighted by Gasteiger charge is 2.37. The quantitative estimate of drug-likeness (QED) is 0.801. The van der Waals surface area contributed by atoms with E-state index in [1.54, 1.807) is 0 Å². The summed E-state index contributed by atoms with van der Waals surface area (Å²) in [6.07, 6.45) is 1.64. The molecule has 0 N–H and O–H groups in total. The van der Waals surface area contributed by atoms with Crippen molar-refractivity contribution in [3.63, 3.8) is 0 Å². The van der Waals surface area contributed by atoms with Crippen molar-refractivity contribution in [2.24, 2.45) is 0 Å². The molecule has 4 nitrogen and oxygen atoms in total. The molecule has 1 aliphatic heterocycles. The van der Waals surface area contributed by atoms with Crippen molar-refractivity contribution in [1.29, 1.82) is 0 Å². The zero-order valence-electron chi connectivity index (χ0n) is 15.7. The Morgan fingerprint density at radius 1 is 1.00 bits per heavy atom. The molecule has 0 bridgehead atoms. The van der Waals surface area contributed by atoms with Gasteiger partial charge in [-0.3, -0.25) is 9.59 Å². The monoisotopic (exact) mass is 350 g/mol. The first kappa shape index (κ1) is 18.2. The Morgan fingerprint density at radius 3 is 2.31 bits per heavy atom. The van der Waals surface area contributed by atoms with Crippen LogP contribution in [0.2, 0.25) is 0 Å². The number of carbonyl (C=O) groups excluding carboxylic acids is 2. The third kappa shape index (κ3) is 3.24. The molecule has 1 heterocycles. The maximum atomic E-state index is 12.8. The van der Waals surface area contributed by atoms with Gasteiger partial charge in [0.1, 0.15) is 0 Å². The fraction of sp³-hybridized carbons (Fsp3) is 0.364. The number of hydrogen-bond donors (Lipinski definition) is 0. The molecule has 0 spiro atoms. The minimum absolute atomic E-state index is 0.0400. The molecule has 136 valence electrons. The first-order valence-corrected chi connectivity index (χ1v) is 9.36. The van der Waals surface area contributed by atoms with Crippen LogP contribution in [0.5, 0.6) is 0 Å². The largest absolute Gasteiger partial charge is 0.309 e. The summed E-state index contributed by atoms with van der Waals surface area (Å²) in [6.45, 7) is 5.85. The number of amides is 2. The SMILES string of the molecule is CCC(=O)N1c2ccccc2[C@@H](N(C(=O)CC)c2ccccc2)C[C@H]1C. The minimum atomic E-state index is -0.0723. The van der Waals surface area contributed by atoms with Gasteiger partial charge in [0.05, 0.1) is 6.04 Å². The van der Waals surface area contributed by atoms with E-state index >= 15 is 0 Å². The first-order valence-electron chi connectivity index (χ1n) is 9.36. The molecule has 4 heteroatoms. The van der Waals surface area contributed by atoms with Gasteiger partial charge in [0.2, 0.25) is 11.8 Å². The molecule has 3 rings (SSSR count). The van der Waals surface area contributed by atoms with Crippen LogP contribution in [0.4, 0.5) is 11.4 Å². The van der Waals surface area contributed by atoms with Crippen LogP contribution in [0.25, 0.3) is 0 Å². The minimum Gasteiger partial charge on any atom is -0.309 e. The number of hydrogen-bond acceptors (Lipinski definition) is 2. The highest BCUT2D eigenvalue weighted by Crippen LogP contribution is 2.42. The third-order valence-corrected chi connectivity index (χ3v) is 5.05. The second kappa shape index (κ2) is 7.73. The molecule has 0 saturated carbocycles. The van der Waals surface area contributed by atoms with Crippen molar-refractivity contribution in [1.82, 2.24) is 0 Å². The van der Waals surface area contributed by atoms with Crippen molar-refractivity contribution in [3.05, 3.63) is 60.2 Å².